The minimum atomic E-state index is -1.05. The van der Waals surface area contributed by atoms with Gasteiger partial charge in [0.2, 0.25) is 11.7 Å². The van der Waals surface area contributed by atoms with Gasteiger partial charge in [-0.15, -0.1) is 0 Å². The van der Waals surface area contributed by atoms with Crippen molar-refractivity contribution in [3.05, 3.63) is 48.0 Å². The highest BCUT2D eigenvalue weighted by molar-refractivity contribution is 5.94. The maximum atomic E-state index is 13.0. The number of carbonyl (C=O) groups is 2. The van der Waals surface area contributed by atoms with Crippen LogP contribution in [0, 0.1) is 5.92 Å². The molecule has 2 amide bonds. The zero-order chi connectivity index (χ0) is 26.5. The lowest BCUT2D eigenvalue weighted by atomic mass is 10.1. The Balaban J connectivity index is 1.58. The van der Waals surface area contributed by atoms with Crippen LogP contribution >= 0.6 is 0 Å². The van der Waals surface area contributed by atoms with E-state index in [0.717, 1.165) is 25.7 Å². The number of aliphatic hydroxyl groups is 2. The van der Waals surface area contributed by atoms with Crippen molar-refractivity contribution in [1.82, 2.24) is 25.4 Å². The van der Waals surface area contributed by atoms with E-state index in [9.17, 15) is 19.8 Å². The van der Waals surface area contributed by atoms with E-state index in [0.29, 0.717) is 34.3 Å². The fourth-order valence-corrected chi connectivity index (χ4v) is 4.21. The SMILES string of the molecule is CCC(CC)NC(=O)c1cnc(-c2cccc(-c3cc(C(=O)NC(C)C4CC4)n(CC(O)CO)n3)c2)o1. The molecule has 2 heterocycles. The van der Waals surface area contributed by atoms with Gasteiger partial charge in [0, 0.05) is 23.2 Å². The Hall–Kier alpha value is -3.50. The third-order valence-corrected chi connectivity index (χ3v) is 6.75. The molecule has 4 N–H and O–H groups in total. The van der Waals surface area contributed by atoms with Crippen molar-refractivity contribution in [2.24, 2.45) is 5.92 Å². The summed E-state index contributed by atoms with van der Waals surface area (Å²) in [7, 11) is 0. The van der Waals surface area contributed by atoms with Crippen LogP contribution in [-0.4, -0.2) is 61.6 Å². The number of hydrogen-bond acceptors (Lipinski definition) is 7. The van der Waals surface area contributed by atoms with E-state index in [-0.39, 0.29) is 36.2 Å². The molecule has 1 aliphatic rings. The maximum Gasteiger partial charge on any atom is 0.288 e. The Morgan fingerprint density at radius 2 is 1.86 bits per heavy atom. The molecule has 198 valence electrons. The van der Waals surface area contributed by atoms with Gasteiger partial charge in [0.15, 0.2) is 0 Å². The first-order chi connectivity index (χ1) is 17.8. The minimum Gasteiger partial charge on any atom is -0.431 e. The molecule has 4 rings (SSSR count). The lowest BCUT2D eigenvalue weighted by Gasteiger charge is -2.14. The smallest absolute Gasteiger partial charge is 0.288 e. The number of rotatable bonds is 12. The predicted molar refractivity (Wildman–Crippen MR) is 138 cm³/mol. The summed E-state index contributed by atoms with van der Waals surface area (Å²) in [5.74, 6) is 0.337. The van der Waals surface area contributed by atoms with Gasteiger partial charge in [-0.25, -0.2) is 4.98 Å². The number of nitrogens with zero attached hydrogens (tertiary/aromatic N) is 3. The molecule has 1 fully saturated rings. The summed E-state index contributed by atoms with van der Waals surface area (Å²) in [6.45, 7) is 5.55. The second kappa shape index (κ2) is 11.7. The lowest BCUT2D eigenvalue weighted by molar-refractivity contribution is 0.0755. The van der Waals surface area contributed by atoms with Gasteiger partial charge in [0.05, 0.1) is 31.1 Å². The van der Waals surface area contributed by atoms with Crippen LogP contribution in [0.25, 0.3) is 22.7 Å². The first-order valence-corrected chi connectivity index (χ1v) is 12.9. The molecule has 37 heavy (non-hydrogen) atoms. The fourth-order valence-electron chi connectivity index (χ4n) is 4.21. The molecule has 0 spiro atoms. The Bertz CT molecular complexity index is 1230. The van der Waals surface area contributed by atoms with E-state index in [1.54, 1.807) is 6.07 Å². The maximum absolute atomic E-state index is 13.0. The van der Waals surface area contributed by atoms with E-state index in [4.69, 9.17) is 4.42 Å². The van der Waals surface area contributed by atoms with Crippen molar-refractivity contribution < 1.29 is 24.2 Å². The summed E-state index contributed by atoms with van der Waals surface area (Å²) in [6, 6.07) is 9.08. The van der Waals surface area contributed by atoms with Gasteiger partial charge < -0.3 is 25.3 Å². The quantitative estimate of drug-likeness (QED) is 0.294. The van der Waals surface area contributed by atoms with Crippen LogP contribution in [0.5, 0.6) is 0 Å². The zero-order valence-electron chi connectivity index (χ0n) is 21.5. The van der Waals surface area contributed by atoms with Crippen molar-refractivity contribution in [1.29, 1.82) is 0 Å². The van der Waals surface area contributed by atoms with Crippen LogP contribution in [0.3, 0.4) is 0 Å². The standard InChI is InChI=1S/C27H35N5O5/c1-4-20(5-2)30-26(36)24-13-28-27(37-24)19-8-6-7-18(11-19)22-12-23(32(31-22)14-21(34)15-33)25(35)29-16(3)17-9-10-17/h6-8,11-13,16-17,20-21,33-34H,4-5,9-10,14-15H2,1-3H3,(H,29,35)(H,30,36). The Kier molecular flexibility index (Phi) is 8.40. The third kappa shape index (κ3) is 6.44. The van der Waals surface area contributed by atoms with E-state index < -0.39 is 12.7 Å². The molecule has 1 saturated carbocycles. The summed E-state index contributed by atoms with van der Waals surface area (Å²) in [4.78, 5) is 29.8. The molecule has 10 heteroatoms. The number of aliphatic hydroxyl groups excluding tert-OH is 2. The van der Waals surface area contributed by atoms with Gasteiger partial charge in [-0.1, -0.05) is 26.0 Å². The number of nitrogens with one attached hydrogen (secondary N) is 2. The van der Waals surface area contributed by atoms with Gasteiger partial charge >= 0.3 is 0 Å². The van der Waals surface area contributed by atoms with Crippen molar-refractivity contribution in [3.8, 4) is 22.7 Å². The lowest BCUT2D eigenvalue weighted by Crippen LogP contribution is -2.36. The second-order valence-electron chi connectivity index (χ2n) is 9.63. The molecular formula is C27H35N5O5. The summed E-state index contributed by atoms with van der Waals surface area (Å²) in [5.41, 5.74) is 2.18. The number of amides is 2. The first kappa shape index (κ1) is 26.6. The second-order valence-corrected chi connectivity index (χ2v) is 9.63. The third-order valence-electron chi connectivity index (χ3n) is 6.75. The monoisotopic (exact) mass is 509 g/mol. The Labute approximate surface area is 216 Å². The molecule has 2 atom stereocenters. The van der Waals surface area contributed by atoms with Crippen molar-refractivity contribution >= 4 is 11.8 Å². The molecule has 1 aliphatic carbocycles. The number of carbonyl (C=O) groups excluding carboxylic acids is 2. The van der Waals surface area contributed by atoms with E-state index in [1.165, 1.54) is 10.9 Å². The van der Waals surface area contributed by atoms with Gasteiger partial charge in [0.25, 0.3) is 11.8 Å². The Morgan fingerprint density at radius 3 is 2.54 bits per heavy atom. The summed E-state index contributed by atoms with van der Waals surface area (Å²) in [6.07, 6.45) is 4.21. The van der Waals surface area contributed by atoms with Crippen LogP contribution in [0.2, 0.25) is 0 Å². The average Bonchev–Trinajstić information content (AvgIpc) is 3.49. The van der Waals surface area contributed by atoms with Crippen LogP contribution < -0.4 is 10.6 Å². The highest BCUT2D eigenvalue weighted by Crippen LogP contribution is 2.32. The van der Waals surface area contributed by atoms with Gasteiger partial charge in [-0.3, -0.25) is 14.3 Å². The number of benzene rings is 1. The summed E-state index contributed by atoms with van der Waals surface area (Å²) < 4.78 is 7.16. The highest BCUT2D eigenvalue weighted by Gasteiger charge is 2.30. The van der Waals surface area contributed by atoms with Crippen molar-refractivity contribution in [2.45, 2.75) is 71.2 Å². The normalized spacial score (nSPS) is 15.0. The molecule has 10 nitrogen and oxygen atoms in total. The summed E-state index contributed by atoms with van der Waals surface area (Å²) >= 11 is 0. The molecule has 0 aliphatic heterocycles. The largest absolute Gasteiger partial charge is 0.431 e. The summed E-state index contributed by atoms with van der Waals surface area (Å²) in [5, 5.41) is 29.8. The molecule has 0 radical (unpaired) electrons. The molecule has 0 bridgehead atoms. The van der Waals surface area contributed by atoms with Crippen LogP contribution in [-0.2, 0) is 6.54 Å². The number of oxazole rings is 1. The highest BCUT2D eigenvalue weighted by atomic mass is 16.4. The number of aromatic nitrogens is 3. The van der Waals surface area contributed by atoms with Crippen LogP contribution in [0.1, 0.15) is 67.5 Å². The van der Waals surface area contributed by atoms with Crippen molar-refractivity contribution in [2.75, 3.05) is 6.61 Å². The molecule has 2 unspecified atom stereocenters. The predicted octanol–water partition coefficient (Wildman–Crippen LogP) is 3.01. The topological polar surface area (TPSA) is 143 Å². The van der Waals surface area contributed by atoms with Gasteiger partial charge in [-0.05, 0) is 56.7 Å². The minimum absolute atomic E-state index is 0.0223. The number of hydrogen-bond donors (Lipinski definition) is 4. The van der Waals surface area contributed by atoms with E-state index in [1.807, 2.05) is 45.0 Å². The van der Waals surface area contributed by atoms with Gasteiger partial charge in [0.1, 0.15) is 5.69 Å². The van der Waals surface area contributed by atoms with Crippen LogP contribution in [0.15, 0.2) is 40.9 Å². The molecule has 1 aromatic carbocycles. The van der Waals surface area contributed by atoms with Crippen molar-refractivity contribution in [3.63, 3.8) is 0 Å². The molecule has 0 saturated heterocycles. The fraction of sp³-hybridized carbons (Fsp3) is 0.481. The Morgan fingerprint density at radius 1 is 1.14 bits per heavy atom. The van der Waals surface area contributed by atoms with E-state index >= 15 is 0 Å². The average molecular weight is 510 g/mol. The van der Waals surface area contributed by atoms with E-state index in [2.05, 4.69) is 20.7 Å². The van der Waals surface area contributed by atoms with Gasteiger partial charge in [-0.2, -0.15) is 5.10 Å². The molecular weight excluding hydrogens is 474 g/mol. The zero-order valence-corrected chi connectivity index (χ0v) is 21.5. The molecule has 2 aromatic heterocycles. The van der Waals surface area contributed by atoms with Crippen LogP contribution in [0.4, 0.5) is 0 Å². The first-order valence-electron chi connectivity index (χ1n) is 12.9. The molecule has 3 aromatic rings.